The van der Waals surface area contributed by atoms with E-state index in [1.54, 1.807) is 0 Å². The smallest absolute Gasteiger partial charge is 0.329 e. The summed E-state index contributed by atoms with van der Waals surface area (Å²) in [6.45, 7) is 1.06. The maximum Gasteiger partial charge on any atom is 0.329 e. The third-order valence-electron chi connectivity index (χ3n) is 2.95. The summed E-state index contributed by atoms with van der Waals surface area (Å²) in [6.07, 6.45) is 3.37. The number of hydrogen-bond donors (Lipinski definition) is 2. The van der Waals surface area contributed by atoms with E-state index < -0.39 is 11.8 Å². The molecule has 112 valence electrons. The second-order valence-electron chi connectivity index (χ2n) is 4.60. The molecule has 0 aliphatic carbocycles. The molecule has 0 spiro atoms. The van der Waals surface area contributed by atoms with Crippen molar-refractivity contribution in [2.45, 2.75) is 18.9 Å². The minimum atomic E-state index is -0.792. The number of hydrazone groups is 1. The molecule has 2 amide bonds. The first kappa shape index (κ1) is 15.7. The highest BCUT2D eigenvalue weighted by Crippen LogP contribution is 2.10. The van der Waals surface area contributed by atoms with E-state index in [0.717, 1.165) is 22.9 Å². The third kappa shape index (κ3) is 5.28. The van der Waals surface area contributed by atoms with E-state index in [1.165, 1.54) is 6.21 Å². The average molecular weight is 354 g/mol. The molecule has 1 aromatic rings. The van der Waals surface area contributed by atoms with Gasteiger partial charge in [-0.3, -0.25) is 9.59 Å². The van der Waals surface area contributed by atoms with Crippen LogP contribution in [0.5, 0.6) is 0 Å². The lowest BCUT2D eigenvalue weighted by Crippen LogP contribution is -2.41. The van der Waals surface area contributed by atoms with Gasteiger partial charge >= 0.3 is 11.8 Å². The number of hydrogen-bond acceptors (Lipinski definition) is 4. The molecule has 0 unspecified atom stereocenters. The van der Waals surface area contributed by atoms with Gasteiger partial charge in [-0.15, -0.1) is 0 Å². The molecule has 2 N–H and O–H groups in total. The van der Waals surface area contributed by atoms with Crippen LogP contribution in [0.15, 0.2) is 33.8 Å². The van der Waals surface area contributed by atoms with Crippen molar-refractivity contribution in [1.82, 2.24) is 10.7 Å². The molecule has 1 aliphatic heterocycles. The standard InChI is InChI=1S/C14H16BrN3O3/c15-11-4-1-3-10(7-11)8-17-18-14(20)13(19)16-9-12-5-2-6-21-12/h1,3-4,7-8,12H,2,5-6,9H2,(H,16,19)(H,18,20)/b17-8-/t12-/m0/s1. The minimum absolute atomic E-state index is 0.00641. The Labute approximate surface area is 131 Å². The number of carbonyl (C=O) groups excluding carboxylic acids is 2. The van der Waals surface area contributed by atoms with E-state index in [9.17, 15) is 9.59 Å². The molecule has 2 rings (SSSR count). The van der Waals surface area contributed by atoms with Crippen molar-refractivity contribution < 1.29 is 14.3 Å². The Balaban J connectivity index is 1.74. The predicted molar refractivity (Wildman–Crippen MR) is 81.9 cm³/mol. The molecule has 1 aliphatic rings. The highest BCUT2D eigenvalue weighted by molar-refractivity contribution is 9.10. The fourth-order valence-corrected chi connectivity index (χ4v) is 2.31. The lowest BCUT2D eigenvalue weighted by Gasteiger charge is -2.09. The van der Waals surface area contributed by atoms with E-state index in [2.05, 4.69) is 31.8 Å². The molecule has 1 atom stereocenters. The zero-order valence-electron chi connectivity index (χ0n) is 11.3. The van der Waals surface area contributed by atoms with Gasteiger partial charge in [-0.2, -0.15) is 5.10 Å². The van der Waals surface area contributed by atoms with Crippen molar-refractivity contribution in [1.29, 1.82) is 0 Å². The molecule has 0 bridgehead atoms. The largest absolute Gasteiger partial charge is 0.376 e. The van der Waals surface area contributed by atoms with Crippen LogP contribution >= 0.6 is 15.9 Å². The number of rotatable bonds is 4. The van der Waals surface area contributed by atoms with Crippen LogP contribution in [0.3, 0.4) is 0 Å². The molecule has 1 heterocycles. The zero-order chi connectivity index (χ0) is 15.1. The summed E-state index contributed by atoms with van der Waals surface area (Å²) in [5.41, 5.74) is 3.00. The van der Waals surface area contributed by atoms with E-state index in [0.29, 0.717) is 13.2 Å². The van der Waals surface area contributed by atoms with Crippen LogP contribution in [0, 0.1) is 0 Å². The summed E-state index contributed by atoms with van der Waals surface area (Å²) in [6, 6.07) is 7.40. The quantitative estimate of drug-likeness (QED) is 0.484. The summed E-state index contributed by atoms with van der Waals surface area (Å²) in [5, 5.41) is 6.27. The molecule has 1 saturated heterocycles. The second-order valence-corrected chi connectivity index (χ2v) is 5.51. The molecule has 0 aromatic heterocycles. The van der Waals surface area contributed by atoms with Crippen LogP contribution in [0.4, 0.5) is 0 Å². The zero-order valence-corrected chi connectivity index (χ0v) is 12.9. The van der Waals surface area contributed by atoms with Gasteiger partial charge in [-0.1, -0.05) is 28.1 Å². The number of amides is 2. The number of nitrogens with zero attached hydrogens (tertiary/aromatic N) is 1. The Kier molecular flexibility index (Phi) is 5.89. The predicted octanol–water partition coefficient (Wildman–Crippen LogP) is 1.19. The molecular weight excluding hydrogens is 338 g/mol. The van der Waals surface area contributed by atoms with Gasteiger partial charge in [-0.25, -0.2) is 5.43 Å². The van der Waals surface area contributed by atoms with Crippen molar-refractivity contribution in [2.24, 2.45) is 5.10 Å². The number of nitrogens with one attached hydrogen (secondary N) is 2. The Morgan fingerprint density at radius 2 is 2.29 bits per heavy atom. The van der Waals surface area contributed by atoms with Crippen LogP contribution < -0.4 is 10.7 Å². The number of halogens is 1. The molecule has 6 nitrogen and oxygen atoms in total. The fourth-order valence-electron chi connectivity index (χ4n) is 1.90. The first-order valence-electron chi connectivity index (χ1n) is 6.63. The van der Waals surface area contributed by atoms with Gasteiger partial charge in [0.05, 0.1) is 12.3 Å². The summed E-state index contributed by atoms with van der Waals surface area (Å²) >= 11 is 3.33. The Morgan fingerprint density at radius 3 is 3.00 bits per heavy atom. The number of carbonyl (C=O) groups is 2. The van der Waals surface area contributed by atoms with E-state index in [1.807, 2.05) is 24.3 Å². The molecular formula is C14H16BrN3O3. The summed E-state index contributed by atoms with van der Waals surface area (Å²) < 4.78 is 6.26. The maximum absolute atomic E-state index is 11.5. The lowest BCUT2D eigenvalue weighted by atomic mass is 10.2. The highest BCUT2D eigenvalue weighted by atomic mass is 79.9. The highest BCUT2D eigenvalue weighted by Gasteiger charge is 2.18. The van der Waals surface area contributed by atoms with Crippen molar-refractivity contribution in [3.63, 3.8) is 0 Å². The van der Waals surface area contributed by atoms with Crippen LogP contribution in [0.2, 0.25) is 0 Å². The van der Waals surface area contributed by atoms with Gasteiger partial charge in [-0.05, 0) is 30.5 Å². The third-order valence-corrected chi connectivity index (χ3v) is 3.44. The van der Waals surface area contributed by atoms with Gasteiger partial charge in [0.2, 0.25) is 0 Å². The Morgan fingerprint density at radius 1 is 1.43 bits per heavy atom. The van der Waals surface area contributed by atoms with Crippen LogP contribution in [0.25, 0.3) is 0 Å². The minimum Gasteiger partial charge on any atom is -0.376 e. The van der Waals surface area contributed by atoms with Crippen molar-refractivity contribution in [3.8, 4) is 0 Å². The van der Waals surface area contributed by atoms with Crippen molar-refractivity contribution in [2.75, 3.05) is 13.2 Å². The van der Waals surface area contributed by atoms with Gasteiger partial charge in [0.1, 0.15) is 0 Å². The topological polar surface area (TPSA) is 79.8 Å². The molecule has 1 fully saturated rings. The molecule has 0 saturated carbocycles. The number of benzene rings is 1. The Bertz CT molecular complexity index is 542. The molecule has 7 heteroatoms. The van der Waals surface area contributed by atoms with E-state index in [-0.39, 0.29) is 6.10 Å². The summed E-state index contributed by atoms with van der Waals surface area (Å²) in [4.78, 5) is 23.1. The van der Waals surface area contributed by atoms with Gasteiger partial charge in [0, 0.05) is 17.6 Å². The first-order chi connectivity index (χ1) is 10.1. The van der Waals surface area contributed by atoms with Crippen molar-refractivity contribution in [3.05, 3.63) is 34.3 Å². The Hall–Kier alpha value is -1.73. The molecule has 1 aromatic carbocycles. The van der Waals surface area contributed by atoms with Gasteiger partial charge in [0.25, 0.3) is 0 Å². The normalized spacial score (nSPS) is 17.9. The van der Waals surface area contributed by atoms with Crippen molar-refractivity contribution >= 4 is 34.0 Å². The molecule has 0 radical (unpaired) electrons. The van der Waals surface area contributed by atoms with E-state index >= 15 is 0 Å². The fraction of sp³-hybridized carbons (Fsp3) is 0.357. The summed E-state index contributed by atoms with van der Waals surface area (Å²) in [5.74, 6) is -1.50. The van der Waals surface area contributed by atoms with Gasteiger partial charge in [0.15, 0.2) is 0 Å². The van der Waals surface area contributed by atoms with Crippen LogP contribution in [0.1, 0.15) is 18.4 Å². The summed E-state index contributed by atoms with van der Waals surface area (Å²) in [7, 11) is 0. The first-order valence-corrected chi connectivity index (χ1v) is 7.43. The maximum atomic E-state index is 11.5. The average Bonchev–Trinajstić information content (AvgIpc) is 2.98. The second kappa shape index (κ2) is 7.90. The lowest BCUT2D eigenvalue weighted by molar-refractivity contribution is -0.139. The number of ether oxygens (including phenoxy) is 1. The SMILES string of the molecule is O=C(NC[C@@H]1CCCO1)C(=O)N/N=C\c1cccc(Br)c1. The molecule has 21 heavy (non-hydrogen) atoms. The van der Waals surface area contributed by atoms with E-state index in [4.69, 9.17) is 4.74 Å². The monoisotopic (exact) mass is 353 g/mol. The van der Waals surface area contributed by atoms with Crippen LogP contribution in [-0.2, 0) is 14.3 Å². The van der Waals surface area contributed by atoms with Gasteiger partial charge < -0.3 is 10.1 Å². The van der Waals surface area contributed by atoms with Crippen LogP contribution in [-0.4, -0.2) is 37.3 Å².